The van der Waals surface area contributed by atoms with Crippen molar-refractivity contribution < 1.29 is 14.3 Å². The number of benzene rings is 3. The van der Waals surface area contributed by atoms with E-state index in [0.717, 1.165) is 24.2 Å². The third-order valence-corrected chi connectivity index (χ3v) is 5.81. The fraction of sp³-hybridized carbons (Fsp3) is 0.259. The van der Waals surface area contributed by atoms with Crippen LogP contribution in [-0.4, -0.2) is 36.5 Å². The lowest BCUT2D eigenvalue weighted by molar-refractivity contribution is 0.102. The summed E-state index contributed by atoms with van der Waals surface area (Å²) in [6.45, 7) is 6.49. The number of para-hydroxylation sites is 2. The van der Waals surface area contributed by atoms with Crippen molar-refractivity contribution in [1.29, 1.82) is 0 Å². The molecule has 0 atom stereocenters. The quantitative estimate of drug-likeness (QED) is 0.526. The minimum absolute atomic E-state index is 0.00709. The Labute approximate surface area is 194 Å². The van der Waals surface area contributed by atoms with E-state index >= 15 is 0 Å². The van der Waals surface area contributed by atoms with Gasteiger partial charge in [-0.15, -0.1) is 0 Å². The van der Waals surface area contributed by atoms with Gasteiger partial charge in [-0.05, 0) is 67.8 Å². The molecule has 1 heterocycles. The first-order valence-electron chi connectivity index (χ1n) is 11.3. The maximum Gasteiger partial charge on any atom is 0.324 e. The highest BCUT2D eigenvalue weighted by Gasteiger charge is 2.27. The molecule has 0 bridgehead atoms. The molecule has 0 aliphatic carbocycles. The first-order valence-corrected chi connectivity index (χ1v) is 11.3. The molecule has 6 heteroatoms. The third-order valence-electron chi connectivity index (χ3n) is 5.81. The highest BCUT2D eigenvalue weighted by molar-refractivity contribution is 6.05. The van der Waals surface area contributed by atoms with E-state index in [1.165, 1.54) is 5.56 Å². The van der Waals surface area contributed by atoms with E-state index in [9.17, 15) is 9.59 Å². The van der Waals surface area contributed by atoms with Gasteiger partial charge in [-0.1, -0.05) is 36.4 Å². The fourth-order valence-corrected chi connectivity index (χ4v) is 4.00. The van der Waals surface area contributed by atoms with E-state index in [2.05, 4.69) is 24.4 Å². The summed E-state index contributed by atoms with van der Waals surface area (Å²) in [5, 5.41) is 2.91. The minimum Gasteiger partial charge on any atom is -0.492 e. The first kappa shape index (κ1) is 22.4. The van der Waals surface area contributed by atoms with Gasteiger partial charge in [-0.25, -0.2) is 4.79 Å². The lowest BCUT2D eigenvalue weighted by Gasteiger charge is -2.36. The zero-order valence-electron chi connectivity index (χ0n) is 19.1. The normalized spacial score (nSPS) is 13.7. The molecule has 1 N–H and O–H groups in total. The van der Waals surface area contributed by atoms with Gasteiger partial charge >= 0.3 is 6.03 Å². The Bertz CT molecular complexity index is 1130. The number of hydrogen-bond donors (Lipinski definition) is 1. The Morgan fingerprint density at radius 3 is 2.45 bits per heavy atom. The van der Waals surface area contributed by atoms with Crippen molar-refractivity contribution in [3.8, 4) is 5.75 Å². The van der Waals surface area contributed by atoms with Crippen molar-refractivity contribution in [2.75, 3.05) is 29.9 Å². The smallest absolute Gasteiger partial charge is 0.324 e. The van der Waals surface area contributed by atoms with Crippen LogP contribution in [-0.2, 0) is 6.54 Å². The number of rotatable bonds is 7. The lowest BCUT2D eigenvalue weighted by Crippen LogP contribution is -2.49. The average Bonchev–Trinajstić information content (AvgIpc) is 2.83. The van der Waals surface area contributed by atoms with Crippen LogP contribution < -0.4 is 15.0 Å². The number of carbonyl (C=O) groups is 2. The number of carbonyl (C=O) groups excluding carboxylic acids is 2. The Kier molecular flexibility index (Phi) is 6.93. The number of nitrogens with zero attached hydrogens (tertiary/aromatic N) is 2. The second kappa shape index (κ2) is 10.2. The molecule has 3 aromatic carbocycles. The molecular formula is C27H29N3O3. The summed E-state index contributed by atoms with van der Waals surface area (Å²) in [4.78, 5) is 29.6. The second-order valence-corrected chi connectivity index (χ2v) is 8.07. The molecule has 6 nitrogen and oxygen atoms in total. The number of aryl methyl sites for hydroxylation is 1. The average molecular weight is 444 g/mol. The van der Waals surface area contributed by atoms with Crippen molar-refractivity contribution in [2.45, 2.75) is 26.8 Å². The number of ether oxygens (including phenoxy) is 1. The highest BCUT2D eigenvalue weighted by Crippen LogP contribution is 2.26. The Hall–Kier alpha value is -3.80. The van der Waals surface area contributed by atoms with Gasteiger partial charge in [-0.3, -0.25) is 9.69 Å². The number of urea groups is 1. The summed E-state index contributed by atoms with van der Waals surface area (Å²) in [7, 11) is 0. The summed E-state index contributed by atoms with van der Waals surface area (Å²) in [5.41, 5.74) is 4.29. The molecule has 1 saturated heterocycles. The topological polar surface area (TPSA) is 61.9 Å². The lowest BCUT2D eigenvalue weighted by atomic mass is 10.1. The molecule has 3 aromatic rings. The molecule has 0 unspecified atom stereocenters. The van der Waals surface area contributed by atoms with Gasteiger partial charge in [0.25, 0.3) is 5.91 Å². The molecule has 3 amide bonds. The summed E-state index contributed by atoms with van der Waals surface area (Å²) in [6.07, 6.45) is 0.897. The van der Waals surface area contributed by atoms with Crippen LogP contribution in [0.5, 0.6) is 5.75 Å². The van der Waals surface area contributed by atoms with Crippen LogP contribution in [0, 0.1) is 6.92 Å². The van der Waals surface area contributed by atoms with E-state index in [1.807, 2.05) is 60.4 Å². The predicted molar refractivity (Wildman–Crippen MR) is 131 cm³/mol. The standard InChI is InChI=1S/C27H29N3O3/c1-3-33-25-12-7-6-11-24(25)28-26(31)21-13-15-23(16-14-21)30-18-8-17-29(27(30)32)19-22-10-5-4-9-20(22)2/h4-7,9-16H,3,8,17-19H2,1-2H3,(H,28,31). The van der Waals surface area contributed by atoms with Crippen LogP contribution in [0.4, 0.5) is 16.2 Å². The minimum atomic E-state index is -0.222. The van der Waals surface area contributed by atoms with Crippen molar-refractivity contribution in [2.24, 2.45) is 0 Å². The van der Waals surface area contributed by atoms with Crippen molar-refractivity contribution in [1.82, 2.24) is 4.90 Å². The van der Waals surface area contributed by atoms with Gasteiger partial charge in [-0.2, -0.15) is 0 Å². The summed E-state index contributed by atoms with van der Waals surface area (Å²) in [5.74, 6) is 0.414. The summed E-state index contributed by atoms with van der Waals surface area (Å²) in [6, 6.07) is 22.7. The van der Waals surface area contributed by atoms with E-state index in [0.29, 0.717) is 36.7 Å². The Morgan fingerprint density at radius 2 is 1.70 bits per heavy atom. The van der Waals surface area contributed by atoms with E-state index in [4.69, 9.17) is 4.74 Å². The summed E-state index contributed by atoms with van der Waals surface area (Å²) >= 11 is 0. The number of hydrogen-bond acceptors (Lipinski definition) is 3. The second-order valence-electron chi connectivity index (χ2n) is 8.07. The van der Waals surface area contributed by atoms with Crippen LogP contribution in [0.1, 0.15) is 34.8 Å². The Morgan fingerprint density at radius 1 is 0.970 bits per heavy atom. The van der Waals surface area contributed by atoms with Crippen LogP contribution in [0.3, 0.4) is 0 Å². The molecule has 0 saturated carbocycles. The van der Waals surface area contributed by atoms with E-state index < -0.39 is 0 Å². The molecule has 1 fully saturated rings. The van der Waals surface area contributed by atoms with Gasteiger partial charge in [0.15, 0.2) is 0 Å². The Balaban J connectivity index is 1.44. The van der Waals surface area contributed by atoms with Gasteiger partial charge in [0, 0.05) is 30.9 Å². The van der Waals surface area contributed by atoms with Crippen LogP contribution in [0.2, 0.25) is 0 Å². The largest absolute Gasteiger partial charge is 0.492 e. The van der Waals surface area contributed by atoms with Crippen LogP contribution >= 0.6 is 0 Å². The zero-order valence-corrected chi connectivity index (χ0v) is 19.1. The number of nitrogens with one attached hydrogen (secondary N) is 1. The monoisotopic (exact) mass is 443 g/mol. The van der Waals surface area contributed by atoms with Crippen molar-refractivity contribution >= 4 is 23.3 Å². The molecule has 0 radical (unpaired) electrons. The van der Waals surface area contributed by atoms with Crippen LogP contribution in [0.25, 0.3) is 0 Å². The molecule has 1 aliphatic heterocycles. The first-order chi connectivity index (χ1) is 16.1. The maximum absolute atomic E-state index is 13.2. The molecule has 170 valence electrons. The van der Waals surface area contributed by atoms with Gasteiger partial charge in [0.1, 0.15) is 5.75 Å². The van der Waals surface area contributed by atoms with Gasteiger partial charge in [0.05, 0.1) is 12.3 Å². The molecule has 0 aromatic heterocycles. The predicted octanol–water partition coefficient (Wildman–Crippen LogP) is 5.48. The van der Waals surface area contributed by atoms with Gasteiger partial charge in [0.2, 0.25) is 0 Å². The third kappa shape index (κ3) is 5.17. The van der Waals surface area contributed by atoms with E-state index in [1.54, 1.807) is 17.0 Å². The van der Waals surface area contributed by atoms with Gasteiger partial charge < -0.3 is 15.0 Å². The fourth-order valence-electron chi connectivity index (χ4n) is 4.00. The van der Waals surface area contributed by atoms with Crippen molar-refractivity contribution in [3.63, 3.8) is 0 Å². The molecule has 1 aliphatic rings. The molecule has 33 heavy (non-hydrogen) atoms. The SMILES string of the molecule is CCOc1ccccc1NC(=O)c1ccc(N2CCCN(Cc3ccccc3C)C2=O)cc1. The molecular weight excluding hydrogens is 414 g/mol. The number of amides is 3. The highest BCUT2D eigenvalue weighted by atomic mass is 16.5. The number of anilines is 2. The maximum atomic E-state index is 13.2. The molecule has 4 rings (SSSR count). The zero-order chi connectivity index (χ0) is 23.2. The summed E-state index contributed by atoms with van der Waals surface area (Å²) < 4.78 is 5.58. The van der Waals surface area contributed by atoms with Crippen LogP contribution in [0.15, 0.2) is 72.8 Å². The van der Waals surface area contributed by atoms with E-state index in [-0.39, 0.29) is 11.9 Å². The molecule has 0 spiro atoms. The van der Waals surface area contributed by atoms with Crippen molar-refractivity contribution in [3.05, 3.63) is 89.5 Å².